The quantitative estimate of drug-likeness (QED) is 0.624. The van der Waals surface area contributed by atoms with Gasteiger partial charge in [-0.05, 0) is 36.4 Å². The van der Waals surface area contributed by atoms with Crippen LogP contribution in [-0.4, -0.2) is 38.2 Å². The van der Waals surface area contributed by atoms with E-state index in [4.69, 9.17) is 30.5 Å². The first-order valence-electron chi connectivity index (χ1n) is 8.21. The summed E-state index contributed by atoms with van der Waals surface area (Å²) >= 11 is 6.71. The summed E-state index contributed by atoms with van der Waals surface area (Å²) in [5.74, 6) is 2.54. The van der Waals surface area contributed by atoms with Gasteiger partial charge in [-0.2, -0.15) is 5.10 Å². The summed E-state index contributed by atoms with van der Waals surface area (Å²) < 4.78 is 23.1. The Balaban J connectivity index is 2.11. The summed E-state index contributed by atoms with van der Waals surface area (Å²) in [5, 5.41) is 5.14. The molecule has 6 nitrogen and oxygen atoms in total. The molecule has 0 radical (unpaired) electrons. The Hall–Kier alpha value is -2.86. The number of nitrogens with zero attached hydrogens (tertiary/aromatic N) is 2. The van der Waals surface area contributed by atoms with Gasteiger partial charge in [0, 0.05) is 18.2 Å². The predicted molar refractivity (Wildman–Crippen MR) is 105 cm³/mol. The van der Waals surface area contributed by atoms with Crippen LogP contribution in [0.3, 0.4) is 0 Å². The molecule has 0 bridgehead atoms. The summed E-state index contributed by atoms with van der Waals surface area (Å²) in [6.07, 6.45) is 0. The number of methoxy groups -OCH3 is 4. The van der Waals surface area contributed by atoms with E-state index in [2.05, 4.69) is 5.10 Å². The van der Waals surface area contributed by atoms with Crippen LogP contribution in [-0.2, 0) is 7.05 Å². The van der Waals surface area contributed by atoms with Gasteiger partial charge < -0.3 is 18.9 Å². The van der Waals surface area contributed by atoms with E-state index in [0.717, 1.165) is 16.8 Å². The minimum absolute atomic E-state index is 0.539. The van der Waals surface area contributed by atoms with Crippen molar-refractivity contribution in [3.63, 3.8) is 0 Å². The Labute approximate surface area is 163 Å². The highest BCUT2D eigenvalue weighted by atomic mass is 35.5. The lowest BCUT2D eigenvalue weighted by atomic mass is 10.1. The summed E-state index contributed by atoms with van der Waals surface area (Å²) in [5.41, 5.74) is 3.15. The van der Waals surface area contributed by atoms with Crippen LogP contribution < -0.4 is 18.9 Å². The highest BCUT2D eigenvalue weighted by Crippen LogP contribution is 2.41. The molecular formula is C20H21ClN2O4. The topological polar surface area (TPSA) is 54.7 Å². The molecule has 0 spiro atoms. The molecule has 0 aliphatic carbocycles. The Kier molecular flexibility index (Phi) is 5.46. The lowest BCUT2D eigenvalue weighted by Crippen LogP contribution is -1.96. The van der Waals surface area contributed by atoms with Gasteiger partial charge in [-0.1, -0.05) is 11.6 Å². The standard InChI is InChI=1S/C20H21ClN2O4/c1-23-20(13-7-9-15(25-3)17(11-13)27-5)18(21)19(22-23)12-6-8-14(24-2)16(10-12)26-4/h6-11H,1-5H3. The van der Waals surface area contributed by atoms with Crippen LogP contribution in [0.5, 0.6) is 23.0 Å². The van der Waals surface area contributed by atoms with Gasteiger partial charge in [0.05, 0.1) is 39.2 Å². The molecule has 0 fully saturated rings. The smallest absolute Gasteiger partial charge is 0.161 e. The van der Waals surface area contributed by atoms with Crippen molar-refractivity contribution in [2.24, 2.45) is 7.05 Å². The number of aryl methyl sites for hydroxylation is 1. The van der Waals surface area contributed by atoms with E-state index in [1.54, 1.807) is 33.1 Å². The number of rotatable bonds is 6. The fourth-order valence-electron chi connectivity index (χ4n) is 2.96. The highest BCUT2D eigenvalue weighted by Gasteiger charge is 2.20. The fourth-order valence-corrected chi connectivity index (χ4v) is 3.34. The molecule has 0 N–H and O–H groups in total. The van der Waals surface area contributed by atoms with Crippen LogP contribution in [0.2, 0.25) is 5.02 Å². The van der Waals surface area contributed by atoms with Gasteiger partial charge >= 0.3 is 0 Å². The maximum Gasteiger partial charge on any atom is 0.161 e. The third-order valence-electron chi connectivity index (χ3n) is 4.30. The number of hydrogen-bond acceptors (Lipinski definition) is 5. The second-order valence-corrected chi connectivity index (χ2v) is 6.15. The van der Waals surface area contributed by atoms with Gasteiger partial charge in [-0.3, -0.25) is 4.68 Å². The number of hydrogen-bond donors (Lipinski definition) is 0. The van der Waals surface area contributed by atoms with Gasteiger partial charge in [0.1, 0.15) is 5.69 Å². The molecular weight excluding hydrogens is 368 g/mol. The first kappa shape index (κ1) is 18.9. The van der Waals surface area contributed by atoms with Crippen molar-refractivity contribution < 1.29 is 18.9 Å². The van der Waals surface area contributed by atoms with Gasteiger partial charge in [-0.15, -0.1) is 0 Å². The summed E-state index contributed by atoms with van der Waals surface area (Å²) in [6, 6.07) is 11.2. The molecule has 1 aromatic heterocycles. The molecule has 3 aromatic rings. The van der Waals surface area contributed by atoms with Crippen LogP contribution in [0.4, 0.5) is 0 Å². The summed E-state index contributed by atoms with van der Waals surface area (Å²) in [6.45, 7) is 0. The zero-order valence-electron chi connectivity index (χ0n) is 15.9. The van der Waals surface area contributed by atoms with E-state index >= 15 is 0 Å². The average molecular weight is 389 g/mol. The van der Waals surface area contributed by atoms with Gasteiger partial charge in [0.25, 0.3) is 0 Å². The molecule has 0 saturated heterocycles. The Morgan fingerprint density at radius 2 is 1.22 bits per heavy atom. The molecule has 3 rings (SSSR count). The highest BCUT2D eigenvalue weighted by molar-refractivity contribution is 6.35. The number of benzene rings is 2. The molecule has 0 atom stereocenters. The predicted octanol–water partition coefficient (Wildman–Crippen LogP) is 4.44. The van der Waals surface area contributed by atoms with Crippen molar-refractivity contribution in [1.82, 2.24) is 9.78 Å². The van der Waals surface area contributed by atoms with E-state index in [1.807, 2.05) is 43.4 Å². The molecule has 1 heterocycles. The zero-order valence-corrected chi connectivity index (χ0v) is 16.6. The normalized spacial score (nSPS) is 10.6. The van der Waals surface area contributed by atoms with E-state index in [-0.39, 0.29) is 0 Å². The second kappa shape index (κ2) is 7.80. The maximum atomic E-state index is 6.71. The number of halogens is 1. The van der Waals surface area contributed by atoms with Gasteiger partial charge in [0.2, 0.25) is 0 Å². The van der Waals surface area contributed by atoms with Crippen molar-refractivity contribution in [2.75, 3.05) is 28.4 Å². The van der Waals surface area contributed by atoms with Crippen molar-refractivity contribution >= 4 is 11.6 Å². The Morgan fingerprint density at radius 1 is 0.741 bits per heavy atom. The van der Waals surface area contributed by atoms with Crippen molar-refractivity contribution in [2.45, 2.75) is 0 Å². The van der Waals surface area contributed by atoms with E-state index in [1.165, 1.54) is 0 Å². The lowest BCUT2D eigenvalue weighted by Gasteiger charge is -2.10. The van der Waals surface area contributed by atoms with Crippen LogP contribution in [0.25, 0.3) is 22.5 Å². The summed E-state index contributed by atoms with van der Waals surface area (Å²) in [7, 11) is 8.24. The van der Waals surface area contributed by atoms with Crippen molar-refractivity contribution in [3.8, 4) is 45.5 Å². The number of ether oxygens (including phenoxy) is 4. The monoisotopic (exact) mass is 388 g/mol. The van der Waals surface area contributed by atoms with Gasteiger partial charge in [0.15, 0.2) is 23.0 Å². The van der Waals surface area contributed by atoms with Crippen molar-refractivity contribution in [1.29, 1.82) is 0 Å². The first-order valence-corrected chi connectivity index (χ1v) is 8.59. The maximum absolute atomic E-state index is 6.71. The fraction of sp³-hybridized carbons (Fsp3) is 0.250. The Bertz CT molecular complexity index is 969. The van der Waals surface area contributed by atoms with Crippen LogP contribution in [0.15, 0.2) is 36.4 Å². The van der Waals surface area contributed by atoms with Crippen LogP contribution >= 0.6 is 11.6 Å². The van der Waals surface area contributed by atoms with Crippen molar-refractivity contribution in [3.05, 3.63) is 41.4 Å². The van der Waals surface area contributed by atoms with Crippen LogP contribution in [0, 0.1) is 0 Å². The van der Waals surface area contributed by atoms with E-state index in [0.29, 0.717) is 33.7 Å². The first-order chi connectivity index (χ1) is 13.0. The largest absolute Gasteiger partial charge is 0.493 e. The minimum Gasteiger partial charge on any atom is -0.493 e. The van der Waals surface area contributed by atoms with Crippen LogP contribution in [0.1, 0.15) is 0 Å². The summed E-state index contributed by atoms with van der Waals surface area (Å²) in [4.78, 5) is 0. The lowest BCUT2D eigenvalue weighted by molar-refractivity contribution is 0.355. The van der Waals surface area contributed by atoms with E-state index < -0.39 is 0 Å². The molecule has 7 heteroatoms. The molecule has 27 heavy (non-hydrogen) atoms. The van der Waals surface area contributed by atoms with E-state index in [9.17, 15) is 0 Å². The molecule has 0 amide bonds. The molecule has 0 saturated carbocycles. The van der Waals surface area contributed by atoms with Gasteiger partial charge in [-0.25, -0.2) is 0 Å². The average Bonchev–Trinajstić information content (AvgIpc) is 3.00. The molecule has 0 aliphatic rings. The third kappa shape index (κ3) is 3.40. The Morgan fingerprint density at radius 3 is 1.74 bits per heavy atom. The molecule has 142 valence electrons. The molecule has 0 unspecified atom stereocenters. The zero-order chi connectivity index (χ0) is 19.6. The minimum atomic E-state index is 0.539. The molecule has 2 aromatic carbocycles. The second-order valence-electron chi connectivity index (χ2n) is 5.77. The number of aromatic nitrogens is 2. The third-order valence-corrected chi connectivity index (χ3v) is 4.66. The SMILES string of the molecule is COc1ccc(-c2nn(C)c(-c3ccc(OC)c(OC)c3)c2Cl)cc1OC. The molecule has 0 aliphatic heterocycles.